The van der Waals surface area contributed by atoms with Gasteiger partial charge in [-0.05, 0) is 48.7 Å². The second-order valence-electron chi connectivity index (χ2n) is 7.66. The SMILES string of the molecule is O=C(Nc1cccc(-c2nncn2C2CC2)c1)c1ncccc1-c1ccnc(C(F)(F)F)c1. The summed E-state index contributed by atoms with van der Waals surface area (Å²) in [5.74, 6) is 0.167. The van der Waals surface area contributed by atoms with Crippen molar-refractivity contribution in [1.82, 2.24) is 24.7 Å². The van der Waals surface area contributed by atoms with Crippen molar-refractivity contribution in [3.8, 4) is 22.5 Å². The molecule has 4 aromatic rings. The van der Waals surface area contributed by atoms with Crippen LogP contribution in [-0.4, -0.2) is 30.6 Å². The highest BCUT2D eigenvalue weighted by Crippen LogP contribution is 2.38. The lowest BCUT2D eigenvalue weighted by Gasteiger charge is -2.12. The zero-order valence-electron chi connectivity index (χ0n) is 17.1. The Morgan fingerprint density at radius 2 is 1.85 bits per heavy atom. The summed E-state index contributed by atoms with van der Waals surface area (Å²) in [7, 11) is 0. The largest absolute Gasteiger partial charge is 0.433 e. The molecular weight excluding hydrogens is 433 g/mol. The van der Waals surface area contributed by atoms with Gasteiger partial charge in [0.1, 0.15) is 17.7 Å². The molecule has 10 heteroatoms. The quantitative estimate of drug-likeness (QED) is 0.462. The van der Waals surface area contributed by atoms with Crippen LogP contribution < -0.4 is 5.32 Å². The number of amides is 1. The molecule has 0 saturated heterocycles. The molecule has 1 N–H and O–H groups in total. The maximum Gasteiger partial charge on any atom is 0.433 e. The predicted octanol–water partition coefficient (Wildman–Crippen LogP) is 5.01. The molecule has 166 valence electrons. The van der Waals surface area contributed by atoms with E-state index in [4.69, 9.17) is 0 Å². The molecule has 0 bridgehead atoms. The van der Waals surface area contributed by atoms with Crippen molar-refractivity contribution in [1.29, 1.82) is 0 Å². The smallest absolute Gasteiger partial charge is 0.321 e. The third kappa shape index (κ3) is 4.32. The fraction of sp³-hybridized carbons (Fsp3) is 0.174. The number of carbonyl (C=O) groups excluding carboxylic acids is 1. The summed E-state index contributed by atoms with van der Waals surface area (Å²) in [5.41, 5.74) is 0.730. The predicted molar refractivity (Wildman–Crippen MR) is 114 cm³/mol. The van der Waals surface area contributed by atoms with Crippen LogP contribution in [-0.2, 0) is 6.18 Å². The van der Waals surface area contributed by atoms with Gasteiger partial charge in [0.05, 0.1) is 0 Å². The fourth-order valence-electron chi connectivity index (χ4n) is 3.57. The summed E-state index contributed by atoms with van der Waals surface area (Å²) in [5, 5.41) is 11.0. The van der Waals surface area contributed by atoms with Gasteiger partial charge in [-0.1, -0.05) is 18.2 Å². The number of carbonyl (C=O) groups is 1. The zero-order chi connectivity index (χ0) is 23.0. The number of pyridine rings is 2. The van der Waals surface area contributed by atoms with Crippen LogP contribution in [0, 0.1) is 0 Å². The lowest BCUT2D eigenvalue weighted by Crippen LogP contribution is -2.15. The van der Waals surface area contributed by atoms with Crippen molar-refractivity contribution in [2.24, 2.45) is 0 Å². The molecule has 7 nitrogen and oxygen atoms in total. The molecule has 1 aromatic carbocycles. The van der Waals surface area contributed by atoms with Crippen molar-refractivity contribution < 1.29 is 18.0 Å². The van der Waals surface area contributed by atoms with Crippen molar-refractivity contribution in [2.75, 3.05) is 5.32 Å². The first-order valence-corrected chi connectivity index (χ1v) is 10.2. The number of benzene rings is 1. The normalized spacial score (nSPS) is 13.7. The van der Waals surface area contributed by atoms with Gasteiger partial charge in [-0.2, -0.15) is 13.2 Å². The molecule has 5 rings (SSSR count). The van der Waals surface area contributed by atoms with Crippen molar-refractivity contribution in [2.45, 2.75) is 25.1 Å². The third-order valence-corrected chi connectivity index (χ3v) is 5.28. The van der Waals surface area contributed by atoms with E-state index in [9.17, 15) is 18.0 Å². The maximum absolute atomic E-state index is 13.1. The van der Waals surface area contributed by atoms with Gasteiger partial charge >= 0.3 is 6.18 Å². The minimum atomic E-state index is -4.60. The average Bonchev–Trinajstić information content (AvgIpc) is 3.54. The molecular formula is C23H17F3N6O. The average molecular weight is 450 g/mol. The molecule has 0 spiro atoms. The van der Waals surface area contributed by atoms with Crippen molar-refractivity contribution in [3.63, 3.8) is 0 Å². The minimum absolute atomic E-state index is 0.00312. The lowest BCUT2D eigenvalue weighted by molar-refractivity contribution is -0.141. The van der Waals surface area contributed by atoms with E-state index in [1.54, 1.807) is 36.7 Å². The first kappa shape index (κ1) is 20.8. The van der Waals surface area contributed by atoms with E-state index in [0.29, 0.717) is 17.6 Å². The second-order valence-corrected chi connectivity index (χ2v) is 7.66. The number of alkyl halides is 3. The number of hydrogen-bond donors (Lipinski definition) is 1. The Labute approximate surface area is 186 Å². The van der Waals surface area contributed by atoms with Crippen LogP contribution in [0.4, 0.5) is 18.9 Å². The van der Waals surface area contributed by atoms with Gasteiger partial charge in [0.2, 0.25) is 0 Å². The van der Waals surface area contributed by atoms with E-state index in [1.165, 1.54) is 12.3 Å². The molecule has 1 aliphatic rings. The Kier molecular flexibility index (Phi) is 5.12. The first-order valence-electron chi connectivity index (χ1n) is 10.2. The van der Waals surface area contributed by atoms with Gasteiger partial charge in [-0.25, -0.2) is 0 Å². The Bertz CT molecular complexity index is 1330. The maximum atomic E-state index is 13.1. The minimum Gasteiger partial charge on any atom is -0.321 e. The van der Waals surface area contributed by atoms with Gasteiger partial charge in [-0.3, -0.25) is 14.8 Å². The number of halogens is 3. The van der Waals surface area contributed by atoms with Crippen LogP contribution in [0.5, 0.6) is 0 Å². The van der Waals surface area contributed by atoms with Crippen LogP contribution in [0.2, 0.25) is 0 Å². The number of anilines is 1. The summed E-state index contributed by atoms with van der Waals surface area (Å²) in [6.45, 7) is 0. The van der Waals surface area contributed by atoms with Crippen LogP contribution in [0.1, 0.15) is 35.1 Å². The topological polar surface area (TPSA) is 85.6 Å². The molecule has 0 atom stereocenters. The molecule has 3 aromatic heterocycles. The summed E-state index contributed by atoms with van der Waals surface area (Å²) >= 11 is 0. The molecule has 1 saturated carbocycles. The Balaban J connectivity index is 1.44. The summed E-state index contributed by atoms with van der Waals surface area (Å²) in [6.07, 6.45) is 1.74. The van der Waals surface area contributed by atoms with Gasteiger partial charge in [0.25, 0.3) is 5.91 Å². The third-order valence-electron chi connectivity index (χ3n) is 5.28. The highest BCUT2D eigenvalue weighted by atomic mass is 19.4. The molecule has 0 radical (unpaired) electrons. The fourth-order valence-corrected chi connectivity index (χ4v) is 3.57. The van der Waals surface area contributed by atoms with Crippen molar-refractivity contribution in [3.05, 3.63) is 78.6 Å². The van der Waals surface area contributed by atoms with E-state index in [-0.39, 0.29) is 16.8 Å². The molecule has 33 heavy (non-hydrogen) atoms. The highest BCUT2D eigenvalue weighted by molar-refractivity contribution is 6.07. The number of nitrogens with zero attached hydrogens (tertiary/aromatic N) is 5. The summed E-state index contributed by atoms with van der Waals surface area (Å²) in [4.78, 5) is 20.5. The number of aromatic nitrogens is 5. The van der Waals surface area contributed by atoms with Crippen LogP contribution in [0.3, 0.4) is 0 Å². The van der Waals surface area contributed by atoms with Gasteiger partial charge < -0.3 is 9.88 Å². The lowest BCUT2D eigenvalue weighted by atomic mass is 10.0. The standard InChI is InChI=1S/C23H17F3N6O/c24-23(25,26)19-12-14(8-10-27-19)18-5-2-9-28-20(18)22(33)30-16-4-1-3-15(11-16)21-31-29-13-32(21)17-6-7-17/h1-5,8-13,17H,6-7H2,(H,30,33). The van der Waals surface area contributed by atoms with E-state index in [1.807, 2.05) is 10.6 Å². The molecule has 3 heterocycles. The van der Waals surface area contributed by atoms with Crippen LogP contribution in [0.25, 0.3) is 22.5 Å². The monoisotopic (exact) mass is 450 g/mol. The van der Waals surface area contributed by atoms with Gasteiger partial charge in [0, 0.05) is 35.2 Å². The van der Waals surface area contributed by atoms with E-state index < -0.39 is 17.8 Å². The first-order chi connectivity index (χ1) is 15.9. The molecule has 1 amide bonds. The Hall–Kier alpha value is -4.08. The van der Waals surface area contributed by atoms with E-state index in [2.05, 4.69) is 25.5 Å². The molecule has 1 aliphatic carbocycles. The van der Waals surface area contributed by atoms with E-state index >= 15 is 0 Å². The number of rotatable bonds is 5. The van der Waals surface area contributed by atoms with Crippen LogP contribution >= 0.6 is 0 Å². The molecule has 1 fully saturated rings. The Morgan fingerprint density at radius 3 is 2.64 bits per heavy atom. The number of hydrogen-bond acceptors (Lipinski definition) is 5. The van der Waals surface area contributed by atoms with Gasteiger partial charge in [-0.15, -0.1) is 10.2 Å². The second kappa shape index (κ2) is 8.12. The zero-order valence-corrected chi connectivity index (χ0v) is 17.1. The summed E-state index contributed by atoms with van der Waals surface area (Å²) < 4.78 is 41.3. The van der Waals surface area contributed by atoms with Crippen LogP contribution in [0.15, 0.2) is 67.3 Å². The number of nitrogens with one attached hydrogen (secondary N) is 1. The molecule has 0 aliphatic heterocycles. The van der Waals surface area contributed by atoms with Crippen molar-refractivity contribution >= 4 is 11.6 Å². The van der Waals surface area contributed by atoms with Gasteiger partial charge in [0.15, 0.2) is 5.82 Å². The molecule has 0 unspecified atom stereocenters. The highest BCUT2D eigenvalue weighted by Gasteiger charge is 2.33. The Morgan fingerprint density at radius 1 is 1.00 bits per heavy atom. The summed E-state index contributed by atoms with van der Waals surface area (Å²) in [6, 6.07) is 13.0. The van der Waals surface area contributed by atoms with E-state index in [0.717, 1.165) is 30.7 Å².